The molecule has 1 nitrogen and oxygen atoms in total. The van der Waals surface area contributed by atoms with Crippen molar-refractivity contribution in [2.45, 2.75) is 32.7 Å². The highest BCUT2D eigenvalue weighted by Crippen LogP contribution is 2.32. The van der Waals surface area contributed by atoms with Gasteiger partial charge in [0, 0.05) is 6.04 Å². The predicted octanol–water partition coefficient (Wildman–Crippen LogP) is 1.64. The van der Waals surface area contributed by atoms with Crippen molar-refractivity contribution < 1.29 is 0 Å². The van der Waals surface area contributed by atoms with Gasteiger partial charge < -0.3 is 5.32 Å². The summed E-state index contributed by atoms with van der Waals surface area (Å²) in [6, 6.07) is 0.831. The molecule has 1 saturated carbocycles. The van der Waals surface area contributed by atoms with Gasteiger partial charge in [0.25, 0.3) is 0 Å². The van der Waals surface area contributed by atoms with Crippen LogP contribution < -0.4 is 5.32 Å². The quantitative estimate of drug-likeness (QED) is 0.594. The van der Waals surface area contributed by atoms with Gasteiger partial charge in [-0.2, -0.15) is 0 Å². The summed E-state index contributed by atoms with van der Waals surface area (Å²) in [5.74, 6) is 1.90. The van der Waals surface area contributed by atoms with E-state index in [1.807, 2.05) is 0 Å². The Kier molecular flexibility index (Phi) is 2.12. The average Bonchev–Trinajstić information content (AvgIpc) is 1.61. The minimum atomic E-state index is 0.831. The fourth-order valence-corrected chi connectivity index (χ4v) is 1.44. The fourth-order valence-electron chi connectivity index (χ4n) is 1.44. The minimum absolute atomic E-state index is 0.831. The van der Waals surface area contributed by atoms with Crippen molar-refractivity contribution in [2.24, 2.45) is 11.8 Å². The van der Waals surface area contributed by atoms with Crippen LogP contribution in [-0.2, 0) is 0 Å². The molecule has 0 bridgehead atoms. The lowest BCUT2D eigenvalue weighted by molar-refractivity contribution is 0.176. The second-order valence-corrected chi connectivity index (χ2v) is 3.46. The molecule has 0 aromatic heterocycles. The Balaban J connectivity index is 2.12. The first kappa shape index (κ1) is 7.07. The maximum absolute atomic E-state index is 3.29. The van der Waals surface area contributed by atoms with Crippen LogP contribution in [0.1, 0.15) is 26.7 Å². The van der Waals surface area contributed by atoms with E-state index in [9.17, 15) is 0 Å². The van der Waals surface area contributed by atoms with E-state index < -0.39 is 0 Å². The first-order chi connectivity index (χ1) is 4.24. The van der Waals surface area contributed by atoms with E-state index in [0.717, 1.165) is 17.9 Å². The van der Waals surface area contributed by atoms with E-state index >= 15 is 0 Å². The van der Waals surface area contributed by atoms with E-state index in [4.69, 9.17) is 0 Å². The van der Waals surface area contributed by atoms with Gasteiger partial charge in [-0.05, 0) is 31.7 Å². The van der Waals surface area contributed by atoms with Gasteiger partial charge >= 0.3 is 0 Å². The van der Waals surface area contributed by atoms with Gasteiger partial charge in [0.2, 0.25) is 0 Å². The van der Waals surface area contributed by atoms with E-state index in [0.29, 0.717) is 0 Å². The summed E-state index contributed by atoms with van der Waals surface area (Å²) in [6.45, 7) is 4.63. The van der Waals surface area contributed by atoms with Crippen molar-refractivity contribution >= 4 is 0 Å². The van der Waals surface area contributed by atoms with Crippen LogP contribution in [0.4, 0.5) is 0 Å². The Morgan fingerprint density at radius 1 is 1.33 bits per heavy atom. The maximum Gasteiger partial charge on any atom is 0.00695 e. The third kappa shape index (κ3) is 1.45. The lowest BCUT2D eigenvalue weighted by Crippen LogP contribution is -2.40. The summed E-state index contributed by atoms with van der Waals surface area (Å²) in [4.78, 5) is 0. The number of nitrogens with one attached hydrogen (secondary N) is 1. The molecular formula is C8H17N. The second kappa shape index (κ2) is 2.70. The lowest BCUT2D eigenvalue weighted by Gasteiger charge is -2.37. The van der Waals surface area contributed by atoms with Gasteiger partial charge in [0.1, 0.15) is 0 Å². The highest BCUT2D eigenvalue weighted by Gasteiger charge is 2.29. The Bertz CT molecular complexity index is 82.6. The van der Waals surface area contributed by atoms with Crippen molar-refractivity contribution in [3.63, 3.8) is 0 Å². The molecule has 9 heavy (non-hydrogen) atoms. The highest BCUT2D eigenvalue weighted by molar-refractivity contribution is 4.85. The maximum atomic E-state index is 3.29. The smallest absolute Gasteiger partial charge is 0.00695 e. The van der Waals surface area contributed by atoms with Crippen molar-refractivity contribution in [1.82, 2.24) is 5.32 Å². The zero-order valence-electron chi connectivity index (χ0n) is 6.65. The van der Waals surface area contributed by atoms with Gasteiger partial charge in [-0.15, -0.1) is 0 Å². The highest BCUT2D eigenvalue weighted by atomic mass is 14.9. The second-order valence-electron chi connectivity index (χ2n) is 3.46. The van der Waals surface area contributed by atoms with Crippen LogP contribution in [0.15, 0.2) is 0 Å². The molecule has 1 rings (SSSR count). The predicted molar refractivity (Wildman–Crippen MR) is 40.4 cm³/mol. The summed E-state index contributed by atoms with van der Waals surface area (Å²) < 4.78 is 0. The fraction of sp³-hybridized carbons (Fsp3) is 1.00. The van der Waals surface area contributed by atoms with Crippen LogP contribution in [-0.4, -0.2) is 13.1 Å². The van der Waals surface area contributed by atoms with Crippen LogP contribution in [0.5, 0.6) is 0 Å². The van der Waals surface area contributed by atoms with Crippen LogP contribution in [0.3, 0.4) is 0 Å². The molecule has 0 aliphatic heterocycles. The first-order valence-corrected chi connectivity index (χ1v) is 3.91. The molecule has 0 radical (unpaired) electrons. The summed E-state index contributed by atoms with van der Waals surface area (Å²) in [7, 11) is 2.06. The van der Waals surface area contributed by atoms with Crippen LogP contribution in [0.25, 0.3) is 0 Å². The lowest BCUT2D eigenvalue weighted by atomic mass is 9.74. The van der Waals surface area contributed by atoms with Crippen LogP contribution >= 0.6 is 0 Å². The molecule has 1 aliphatic carbocycles. The number of hydrogen-bond donors (Lipinski definition) is 1. The first-order valence-electron chi connectivity index (χ1n) is 3.91. The number of hydrogen-bond acceptors (Lipinski definition) is 1. The third-order valence-corrected chi connectivity index (χ3v) is 2.53. The van der Waals surface area contributed by atoms with Gasteiger partial charge in [0.05, 0.1) is 0 Å². The van der Waals surface area contributed by atoms with E-state index in [1.165, 1.54) is 12.8 Å². The molecular weight excluding hydrogens is 110 g/mol. The number of rotatable bonds is 2. The largest absolute Gasteiger partial charge is 0.317 e. The van der Waals surface area contributed by atoms with Gasteiger partial charge in [0.15, 0.2) is 0 Å². The zero-order chi connectivity index (χ0) is 6.85. The standard InChI is InChI=1S/C8H17N/c1-6(2)7-4-8(5-7)9-3/h6-9H,4-5H2,1-3H3/t7-,8+. The molecule has 54 valence electrons. The molecule has 1 aliphatic rings. The normalized spacial score (nSPS) is 34.7. The summed E-state index contributed by atoms with van der Waals surface area (Å²) in [6.07, 6.45) is 2.79. The van der Waals surface area contributed by atoms with Gasteiger partial charge in [-0.1, -0.05) is 13.8 Å². The average molecular weight is 127 g/mol. The SMILES string of the molecule is CN[C@H]1C[C@@H](C(C)C)C1. The summed E-state index contributed by atoms with van der Waals surface area (Å²) in [5, 5.41) is 3.29. The molecule has 0 spiro atoms. The minimum Gasteiger partial charge on any atom is -0.317 e. The molecule has 0 atom stereocenters. The Hall–Kier alpha value is -0.0400. The molecule has 0 amide bonds. The molecule has 0 aromatic carbocycles. The van der Waals surface area contributed by atoms with Crippen molar-refractivity contribution in [2.75, 3.05) is 7.05 Å². The van der Waals surface area contributed by atoms with Crippen LogP contribution in [0.2, 0.25) is 0 Å². The topological polar surface area (TPSA) is 12.0 Å². The molecule has 1 fully saturated rings. The Morgan fingerprint density at radius 2 is 1.89 bits per heavy atom. The summed E-state index contributed by atoms with van der Waals surface area (Å²) >= 11 is 0. The Labute approximate surface area is 57.8 Å². The van der Waals surface area contributed by atoms with Gasteiger partial charge in [-0.3, -0.25) is 0 Å². The van der Waals surface area contributed by atoms with Crippen LogP contribution in [0, 0.1) is 11.8 Å². The summed E-state index contributed by atoms with van der Waals surface area (Å²) in [5.41, 5.74) is 0. The van der Waals surface area contributed by atoms with Crippen molar-refractivity contribution in [1.29, 1.82) is 0 Å². The molecule has 0 unspecified atom stereocenters. The zero-order valence-corrected chi connectivity index (χ0v) is 6.65. The molecule has 1 N–H and O–H groups in total. The van der Waals surface area contributed by atoms with E-state index in [1.54, 1.807) is 0 Å². The van der Waals surface area contributed by atoms with Gasteiger partial charge in [-0.25, -0.2) is 0 Å². The van der Waals surface area contributed by atoms with E-state index in [-0.39, 0.29) is 0 Å². The van der Waals surface area contributed by atoms with E-state index in [2.05, 4.69) is 26.2 Å². The molecule has 0 heterocycles. The monoisotopic (exact) mass is 127 g/mol. The van der Waals surface area contributed by atoms with Crippen molar-refractivity contribution in [3.05, 3.63) is 0 Å². The molecule has 1 heteroatoms. The van der Waals surface area contributed by atoms with Crippen molar-refractivity contribution in [3.8, 4) is 0 Å². The Morgan fingerprint density at radius 3 is 2.22 bits per heavy atom. The molecule has 0 aromatic rings. The third-order valence-electron chi connectivity index (χ3n) is 2.53. The molecule has 0 saturated heterocycles.